The van der Waals surface area contributed by atoms with Gasteiger partial charge in [-0.3, -0.25) is 0 Å². The molecule has 0 aliphatic carbocycles. The molecule has 3 aromatic rings. The van der Waals surface area contributed by atoms with Crippen LogP contribution in [0.3, 0.4) is 0 Å². The number of rotatable bonds is 7. The topological polar surface area (TPSA) is 51.2 Å². The Kier molecular flexibility index (Phi) is 7.95. The van der Waals surface area contributed by atoms with Gasteiger partial charge in [0, 0.05) is 0 Å². The fourth-order valence-corrected chi connectivity index (χ4v) is 8.07. The van der Waals surface area contributed by atoms with E-state index in [4.69, 9.17) is 0 Å². The van der Waals surface area contributed by atoms with Crippen molar-refractivity contribution < 1.29 is 14.4 Å². The van der Waals surface area contributed by atoms with Gasteiger partial charge in [-0.05, 0) is 0 Å². The molecule has 0 saturated carbocycles. The van der Waals surface area contributed by atoms with Crippen molar-refractivity contribution in [3.05, 3.63) is 103 Å². The van der Waals surface area contributed by atoms with E-state index in [1.807, 2.05) is 98.7 Å². The molecule has 0 radical (unpaired) electrons. The molecule has 0 aliphatic rings. The van der Waals surface area contributed by atoms with Gasteiger partial charge in [0.25, 0.3) is 0 Å². The summed E-state index contributed by atoms with van der Waals surface area (Å²) in [6.07, 6.45) is 0. The van der Waals surface area contributed by atoms with Crippen LogP contribution < -0.4 is 0 Å². The van der Waals surface area contributed by atoms with Crippen LogP contribution in [-0.2, 0) is 0 Å². The predicted octanol–water partition coefficient (Wildman–Crippen LogP) is 6.18. The number of hydrogen-bond acceptors (Lipinski definition) is 3. The van der Waals surface area contributed by atoms with Gasteiger partial charge >= 0.3 is 224 Å². The first-order chi connectivity index (χ1) is 16.8. The predicted molar refractivity (Wildman–Crippen MR) is 152 cm³/mol. The van der Waals surface area contributed by atoms with Crippen molar-refractivity contribution in [1.82, 2.24) is 0 Å². The Labute approximate surface area is 223 Å². The van der Waals surface area contributed by atoms with Crippen LogP contribution in [0.2, 0.25) is 5.25 Å². The van der Waals surface area contributed by atoms with Gasteiger partial charge in [-0.2, -0.15) is 0 Å². The molecule has 36 heavy (non-hydrogen) atoms. The van der Waals surface area contributed by atoms with E-state index in [0.717, 1.165) is 50.1 Å². The molecule has 0 bridgehead atoms. The average molecular weight is 543 g/mol. The zero-order valence-electron chi connectivity index (χ0n) is 23.4. The summed E-state index contributed by atoms with van der Waals surface area (Å²) in [5.41, 5.74) is 7.69. The molecular formula is C32H38GeO3. The molecule has 0 aromatic heterocycles. The maximum absolute atomic E-state index is 14.6. The molecular weight excluding hydrogens is 505 g/mol. The van der Waals surface area contributed by atoms with E-state index in [-0.39, 0.29) is 39.1 Å². The van der Waals surface area contributed by atoms with Gasteiger partial charge in [0.2, 0.25) is 0 Å². The molecule has 0 atom stereocenters. The zero-order chi connectivity index (χ0) is 27.1. The first-order valence-electron chi connectivity index (χ1n) is 12.6. The summed E-state index contributed by atoms with van der Waals surface area (Å²) in [7, 11) is 0. The number of benzene rings is 3. The normalized spacial score (nSPS) is 11.6. The van der Waals surface area contributed by atoms with E-state index in [1.165, 1.54) is 0 Å². The quantitative estimate of drug-likeness (QED) is 0.203. The van der Waals surface area contributed by atoms with Crippen LogP contribution in [0.15, 0.2) is 36.4 Å². The van der Waals surface area contributed by atoms with Crippen LogP contribution in [0.25, 0.3) is 0 Å². The summed E-state index contributed by atoms with van der Waals surface area (Å²) in [6, 6.07) is 11.8. The van der Waals surface area contributed by atoms with Crippen LogP contribution in [0.5, 0.6) is 0 Å². The third kappa shape index (κ3) is 4.66. The van der Waals surface area contributed by atoms with Crippen molar-refractivity contribution in [1.29, 1.82) is 0 Å². The molecule has 3 aromatic carbocycles. The second-order valence-electron chi connectivity index (χ2n) is 10.6. The standard InChI is InChI=1S/C32H38GeO3/c1-17-10-20(4)26(21(5)11-17)29(34)32(16-33,30(35)27-22(6)12-18(2)13-23(27)7)31(36)28-24(8)14-19(3)15-25(28)9/h10-15H,16H2,1-9,33H3. The molecule has 3 nitrogen and oxygen atoms in total. The summed E-state index contributed by atoms with van der Waals surface area (Å²) in [6.45, 7) is 17.4. The van der Waals surface area contributed by atoms with E-state index in [1.54, 1.807) is 0 Å². The Balaban J connectivity index is 2.43. The number of aryl methyl sites for hydroxylation is 9. The number of carbonyl (C=O) groups is 3. The number of hydrogen-bond donors (Lipinski definition) is 0. The van der Waals surface area contributed by atoms with Crippen LogP contribution >= 0.6 is 0 Å². The second-order valence-corrected chi connectivity index (χ2v) is 12.1. The molecule has 0 fully saturated rings. The van der Waals surface area contributed by atoms with Crippen molar-refractivity contribution in [2.75, 3.05) is 0 Å². The van der Waals surface area contributed by atoms with E-state index in [2.05, 4.69) is 0 Å². The summed E-state index contributed by atoms with van der Waals surface area (Å²) >= 11 is 0.0689. The molecule has 3 rings (SSSR count). The van der Waals surface area contributed by atoms with Crippen molar-refractivity contribution in [2.24, 2.45) is 5.41 Å². The number of carbonyl (C=O) groups excluding carboxylic acids is 3. The summed E-state index contributed by atoms with van der Waals surface area (Å²) in [4.78, 5) is 43.9. The van der Waals surface area contributed by atoms with E-state index in [0.29, 0.717) is 16.7 Å². The third-order valence-electron chi connectivity index (χ3n) is 7.41. The minimum absolute atomic E-state index is 0.0689. The van der Waals surface area contributed by atoms with Gasteiger partial charge in [-0.25, -0.2) is 0 Å². The van der Waals surface area contributed by atoms with E-state index >= 15 is 0 Å². The molecule has 0 N–H and O–H groups in total. The maximum atomic E-state index is 14.6. The second kappa shape index (κ2) is 10.3. The van der Waals surface area contributed by atoms with Crippen molar-refractivity contribution in [3.63, 3.8) is 0 Å². The fourth-order valence-electron chi connectivity index (χ4n) is 6.05. The van der Waals surface area contributed by atoms with Crippen molar-refractivity contribution in [2.45, 2.75) is 67.6 Å². The van der Waals surface area contributed by atoms with E-state index in [9.17, 15) is 14.4 Å². The SMILES string of the molecule is Cc1cc(C)c(C(=O)C([CH2][GeH3])(C(=O)c2c(C)cc(C)cc2C)C(=O)c2c(C)cc(C)cc2C)c(C)c1. The molecule has 188 valence electrons. The van der Waals surface area contributed by atoms with Gasteiger partial charge in [-0.15, -0.1) is 0 Å². The Bertz CT molecular complexity index is 1170. The first-order valence-corrected chi connectivity index (χ1v) is 15.6. The Morgan fingerprint density at radius 2 is 0.694 bits per heavy atom. The summed E-state index contributed by atoms with van der Waals surface area (Å²) < 4.78 is 0. The molecule has 0 heterocycles. The summed E-state index contributed by atoms with van der Waals surface area (Å²) in [5.74, 6) is -1.09. The van der Waals surface area contributed by atoms with Crippen LogP contribution in [0.1, 0.15) is 81.1 Å². The summed E-state index contributed by atoms with van der Waals surface area (Å²) in [5, 5.41) is 0.267. The Hall–Kier alpha value is -2.79. The molecule has 0 aliphatic heterocycles. The average Bonchev–Trinajstić information content (AvgIpc) is 2.72. The molecule has 0 spiro atoms. The van der Waals surface area contributed by atoms with Crippen molar-refractivity contribution in [3.8, 4) is 0 Å². The monoisotopic (exact) mass is 544 g/mol. The van der Waals surface area contributed by atoms with Gasteiger partial charge < -0.3 is 0 Å². The van der Waals surface area contributed by atoms with E-state index < -0.39 is 5.41 Å². The van der Waals surface area contributed by atoms with Crippen molar-refractivity contribution >= 4 is 33.9 Å². The molecule has 0 amide bonds. The van der Waals surface area contributed by atoms with Crippen LogP contribution in [0, 0.1) is 67.7 Å². The van der Waals surface area contributed by atoms with Gasteiger partial charge in [0.1, 0.15) is 0 Å². The first kappa shape index (κ1) is 27.8. The fraction of sp³-hybridized carbons (Fsp3) is 0.344. The number of ketones is 3. The minimum atomic E-state index is -1.78. The zero-order valence-corrected chi connectivity index (χ0v) is 27.6. The van der Waals surface area contributed by atoms with Gasteiger partial charge in [0.15, 0.2) is 0 Å². The number of Topliss-reactive ketones (excluding diaryl/α,β-unsaturated/α-hetero) is 3. The molecule has 0 saturated heterocycles. The van der Waals surface area contributed by atoms with Crippen LogP contribution in [0.4, 0.5) is 0 Å². The van der Waals surface area contributed by atoms with Crippen LogP contribution in [-0.4, -0.2) is 33.9 Å². The van der Waals surface area contributed by atoms with Gasteiger partial charge in [-0.1, -0.05) is 0 Å². The molecule has 0 unspecified atom stereocenters. The third-order valence-corrected chi connectivity index (χ3v) is 9.63. The Morgan fingerprint density at radius 3 is 0.861 bits per heavy atom. The Morgan fingerprint density at radius 1 is 0.500 bits per heavy atom. The molecule has 4 heteroatoms. The van der Waals surface area contributed by atoms with Gasteiger partial charge in [0.05, 0.1) is 0 Å².